The summed E-state index contributed by atoms with van der Waals surface area (Å²) in [5, 5.41) is 3.73. The fourth-order valence-electron chi connectivity index (χ4n) is 3.45. The highest BCUT2D eigenvalue weighted by Crippen LogP contribution is 2.23. The summed E-state index contributed by atoms with van der Waals surface area (Å²) in [4.78, 5) is 2.59. The predicted molar refractivity (Wildman–Crippen MR) is 84.8 cm³/mol. The van der Waals surface area contributed by atoms with Gasteiger partial charge in [0.05, 0.1) is 7.11 Å². The molecule has 1 aromatic carbocycles. The van der Waals surface area contributed by atoms with Crippen molar-refractivity contribution in [3.63, 3.8) is 0 Å². The number of hydrogen-bond donors (Lipinski definition) is 1. The normalized spacial score (nSPS) is 25.9. The molecule has 0 amide bonds. The van der Waals surface area contributed by atoms with Crippen LogP contribution in [0.1, 0.15) is 30.4 Å². The monoisotopic (exact) mass is 296 g/mol. The Labute approximate surface area is 128 Å². The first-order valence-electron chi connectivity index (χ1n) is 7.36. The summed E-state index contributed by atoms with van der Waals surface area (Å²) in [6.45, 7) is 5.52. The highest BCUT2D eigenvalue weighted by molar-refractivity contribution is 5.85. The quantitative estimate of drug-likeness (QED) is 0.928. The summed E-state index contributed by atoms with van der Waals surface area (Å²) in [6, 6.07) is 8.00. The van der Waals surface area contributed by atoms with Gasteiger partial charge in [-0.2, -0.15) is 0 Å². The van der Waals surface area contributed by atoms with Crippen molar-refractivity contribution >= 4 is 12.4 Å². The summed E-state index contributed by atoms with van der Waals surface area (Å²) < 4.78 is 5.42. The average molecular weight is 297 g/mol. The third kappa shape index (κ3) is 3.46. The van der Waals surface area contributed by atoms with Crippen molar-refractivity contribution in [2.24, 2.45) is 0 Å². The van der Waals surface area contributed by atoms with Crippen molar-refractivity contribution in [1.29, 1.82) is 0 Å². The number of fused-ring (bicyclic) bond motifs is 2. The van der Waals surface area contributed by atoms with E-state index in [9.17, 15) is 0 Å². The van der Waals surface area contributed by atoms with Gasteiger partial charge in [-0.15, -0.1) is 12.4 Å². The Kier molecular flexibility index (Phi) is 5.30. The summed E-state index contributed by atoms with van der Waals surface area (Å²) >= 11 is 0. The molecule has 3 nitrogen and oxygen atoms in total. The number of ether oxygens (including phenoxy) is 1. The van der Waals surface area contributed by atoms with E-state index >= 15 is 0 Å². The van der Waals surface area contributed by atoms with Crippen LogP contribution in [0.15, 0.2) is 18.2 Å². The maximum absolute atomic E-state index is 5.42. The number of piperazine rings is 1. The molecule has 1 aromatic rings. The number of piperidine rings is 1. The van der Waals surface area contributed by atoms with Crippen molar-refractivity contribution in [2.45, 2.75) is 44.8 Å². The standard InChI is InChI=1S/C16H24N2O.ClH/c1-12-6-7-13(8-16(12)19-2)9-18-10-14-4-3-5-15(11-18)17-14;/h6-8,14-15,17H,3-5,9-11H2,1-2H3;1H. The molecule has 1 N–H and O–H groups in total. The van der Waals surface area contributed by atoms with Gasteiger partial charge >= 0.3 is 0 Å². The van der Waals surface area contributed by atoms with Gasteiger partial charge in [0.1, 0.15) is 5.75 Å². The van der Waals surface area contributed by atoms with E-state index in [4.69, 9.17) is 4.74 Å². The molecule has 2 unspecified atom stereocenters. The average Bonchev–Trinajstić information content (AvgIpc) is 2.40. The molecule has 2 fully saturated rings. The molecular formula is C16H25ClN2O. The van der Waals surface area contributed by atoms with Crippen molar-refractivity contribution in [1.82, 2.24) is 10.2 Å². The van der Waals surface area contributed by atoms with Crippen LogP contribution in [0, 0.1) is 6.92 Å². The van der Waals surface area contributed by atoms with E-state index in [0.29, 0.717) is 12.1 Å². The van der Waals surface area contributed by atoms with Crippen molar-refractivity contribution in [3.05, 3.63) is 29.3 Å². The molecule has 0 spiro atoms. The minimum absolute atomic E-state index is 0. The van der Waals surface area contributed by atoms with Crippen LogP contribution in [-0.4, -0.2) is 37.2 Å². The first-order valence-corrected chi connectivity index (χ1v) is 7.36. The lowest BCUT2D eigenvalue weighted by molar-refractivity contribution is 0.119. The van der Waals surface area contributed by atoms with E-state index < -0.39 is 0 Å². The van der Waals surface area contributed by atoms with Crippen LogP contribution in [0.5, 0.6) is 5.75 Å². The number of benzene rings is 1. The Hall–Kier alpha value is -0.770. The maximum atomic E-state index is 5.42. The molecule has 2 aliphatic heterocycles. The summed E-state index contributed by atoms with van der Waals surface area (Å²) in [5.74, 6) is 1.01. The van der Waals surface area contributed by atoms with E-state index in [0.717, 1.165) is 12.3 Å². The molecule has 2 aliphatic rings. The second kappa shape index (κ2) is 6.79. The van der Waals surface area contributed by atoms with Gasteiger partial charge in [0, 0.05) is 31.7 Å². The molecule has 2 saturated heterocycles. The van der Waals surface area contributed by atoms with Crippen LogP contribution in [-0.2, 0) is 6.54 Å². The third-order valence-corrected chi connectivity index (χ3v) is 4.41. The number of hydrogen-bond acceptors (Lipinski definition) is 3. The zero-order chi connectivity index (χ0) is 13.2. The second-order valence-corrected chi connectivity index (χ2v) is 5.99. The lowest BCUT2D eigenvalue weighted by Gasteiger charge is -2.42. The van der Waals surface area contributed by atoms with Crippen LogP contribution in [0.4, 0.5) is 0 Å². The zero-order valence-electron chi connectivity index (χ0n) is 12.4. The highest BCUT2D eigenvalue weighted by Gasteiger charge is 2.29. The molecule has 0 aromatic heterocycles. The molecule has 112 valence electrons. The van der Waals surface area contributed by atoms with E-state index in [-0.39, 0.29) is 12.4 Å². The zero-order valence-corrected chi connectivity index (χ0v) is 13.2. The van der Waals surface area contributed by atoms with Gasteiger partial charge in [0.15, 0.2) is 0 Å². The topological polar surface area (TPSA) is 24.5 Å². The molecule has 2 heterocycles. The largest absolute Gasteiger partial charge is 0.496 e. The fourth-order valence-corrected chi connectivity index (χ4v) is 3.45. The van der Waals surface area contributed by atoms with Crippen molar-refractivity contribution in [2.75, 3.05) is 20.2 Å². The number of aryl methyl sites for hydroxylation is 1. The Bertz CT molecular complexity index is 440. The molecule has 3 rings (SSSR count). The number of halogens is 1. The minimum Gasteiger partial charge on any atom is -0.496 e. The van der Waals surface area contributed by atoms with Crippen LogP contribution >= 0.6 is 12.4 Å². The van der Waals surface area contributed by atoms with Gasteiger partial charge in [-0.3, -0.25) is 4.90 Å². The highest BCUT2D eigenvalue weighted by atomic mass is 35.5. The molecule has 2 bridgehead atoms. The Balaban J connectivity index is 0.00000147. The van der Waals surface area contributed by atoms with Crippen molar-refractivity contribution in [3.8, 4) is 5.75 Å². The molecular weight excluding hydrogens is 272 g/mol. The lowest BCUT2D eigenvalue weighted by atomic mass is 9.94. The van der Waals surface area contributed by atoms with Crippen LogP contribution in [0.25, 0.3) is 0 Å². The number of nitrogens with zero attached hydrogens (tertiary/aromatic N) is 1. The number of nitrogens with one attached hydrogen (secondary N) is 1. The maximum Gasteiger partial charge on any atom is 0.122 e. The third-order valence-electron chi connectivity index (χ3n) is 4.41. The van der Waals surface area contributed by atoms with Gasteiger partial charge in [0.25, 0.3) is 0 Å². The predicted octanol–water partition coefficient (Wildman–Crippen LogP) is 2.75. The van der Waals surface area contributed by atoms with E-state index in [1.165, 1.54) is 43.5 Å². The lowest BCUT2D eigenvalue weighted by Crippen LogP contribution is -2.58. The fraction of sp³-hybridized carbons (Fsp3) is 0.625. The van der Waals surface area contributed by atoms with Gasteiger partial charge in [-0.05, 0) is 37.0 Å². The van der Waals surface area contributed by atoms with Crippen LogP contribution in [0.3, 0.4) is 0 Å². The first-order chi connectivity index (χ1) is 9.24. The Morgan fingerprint density at radius 1 is 1.25 bits per heavy atom. The molecule has 20 heavy (non-hydrogen) atoms. The van der Waals surface area contributed by atoms with E-state index in [1.54, 1.807) is 7.11 Å². The van der Waals surface area contributed by atoms with Crippen LogP contribution < -0.4 is 10.1 Å². The van der Waals surface area contributed by atoms with E-state index in [1.807, 2.05) is 0 Å². The molecule has 0 radical (unpaired) electrons. The number of likely N-dealkylation sites (tertiary alicyclic amines) is 1. The molecule has 2 atom stereocenters. The van der Waals surface area contributed by atoms with Gasteiger partial charge in [0.2, 0.25) is 0 Å². The minimum atomic E-state index is 0. The molecule has 0 aliphatic carbocycles. The number of methoxy groups -OCH3 is 1. The van der Waals surface area contributed by atoms with Crippen molar-refractivity contribution < 1.29 is 4.74 Å². The van der Waals surface area contributed by atoms with Gasteiger partial charge in [-0.25, -0.2) is 0 Å². The first kappa shape index (κ1) is 15.6. The smallest absolute Gasteiger partial charge is 0.122 e. The summed E-state index contributed by atoms with van der Waals surface area (Å²) in [5.41, 5.74) is 2.57. The SMILES string of the molecule is COc1cc(CN2CC3CCCC(C2)N3)ccc1C.Cl. The Morgan fingerprint density at radius 2 is 1.95 bits per heavy atom. The summed E-state index contributed by atoms with van der Waals surface area (Å²) in [7, 11) is 1.75. The molecule has 0 saturated carbocycles. The van der Waals surface area contributed by atoms with Crippen LogP contribution in [0.2, 0.25) is 0 Å². The van der Waals surface area contributed by atoms with Gasteiger partial charge < -0.3 is 10.1 Å². The Morgan fingerprint density at radius 3 is 2.60 bits per heavy atom. The summed E-state index contributed by atoms with van der Waals surface area (Å²) in [6.07, 6.45) is 4.07. The second-order valence-electron chi connectivity index (χ2n) is 5.99. The van der Waals surface area contributed by atoms with Gasteiger partial charge in [-0.1, -0.05) is 18.6 Å². The van der Waals surface area contributed by atoms with E-state index in [2.05, 4.69) is 35.3 Å². The number of rotatable bonds is 3. The molecule has 4 heteroatoms.